The first-order valence-corrected chi connectivity index (χ1v) is 12.2. The van der Waals surface area contributed by atoms with Gasteiger partial charge in [-0.05, 0) is 49.6 Å². The predicted octanol–water partition coefficient (Wildman–Crippen LogP) is 4.28. The van der Waals surface area contributed by atoms with Crippen molar-refractivity contribution in [3.8, 4) is 11.5 Å². The third-order valence-corrected chi connectivity index (χ3v) is 6.93. The Morgan fingerprint density at radius 1 is 1.18 bits per heavy atom. The maximum absolute atomic E-state index is 13.3. The molecule has 1 amide bonds. The van der Waals surface area contributed by atoms with Crippen molar-refractivity contribution in [2.45, 2.75) is 43.9 Å². The second kappa shape index (κ2) is 10.3. The highest BCUT2D eigenvalue weighted by molar-refractivity contribution is 7.99. The van der Waals surface area contributed by atoms with Crippen LogP contribution in [-0.4, -0.2) is 46.9 Å². The van der Waals surface area contributed by atoms with Gasteiger partial charge in [-0.15, -0.1) is 0 Å². The molecular weight excluding hydrogens is 438 g/mol. The number of hydrogen-bond donors (Lipinski definition) is 0. The van der Waals surface area contributed by atoms with Crippen LogP contribution in [0.25, 0.3) is 10.9 Å². The molecule has 7 nitrogen and oxygen atoms in total. The summed E-state index contributed by atoms with van der Waals surface area (Å²) < 4.78 is 12.6. The second-order valence-corrected chi connectivity index (χ2v) is 8.95. The number of benzene rings is 2. The van der Waals surface area contributed by atoms with Crippen LogP contribution in [0.3, 0.4) is 0 Å². The largest absolute Gasteiger partial charge is 0.497 e. The Kier molecular flexibility index (Phi) is 7.23. The lowest BCUT2D eigenvalue weighted by Gasteiger charge is -2.26. The normalized spacial score (nSPS) is 15.7. The van der Waals surface area contributed by atoms with E-state index in [2.05, 4.69) is 0 Å². The number of amides is 1. The van der Waals surface area contributed by atoms with Crippen molar-refractivity contribution in [2.24, 2.45) is 0 Å². The molecule has 1 fully saturated rings. The van der Waals surface area contributed by atoms with Gasteiger partial charge < -0.3 is 14.4 Å². The topological polar surface area (TPSA) is 73.7 Å². The van der Waals surface area contributed by atoms with E-state index in [1.54, 1.807) is 24.9 Å². The minimum atomic E-state index is -0.0643. The monoisotopic (exact) mass is 467 g/mol. The molecule has 8 heteroatoms. The van der Waals surface area contributed by atoms with Gasteiger partial charge in [0.25, 0.3) is 5.56 Å². The molecule has 1 aromatic heterocycles. The number of hydrogen-bond acceptors (Lipinski definition) is 6. The van der Waals surface area contributed by atoms with Crippen molar-refractivity contribution in [3.63, 3.8) is 0 Å². The van der Waals surface area contributed by atoms with E-state index in [0.717, 1.165) is 36.3 Å². The zero-order chi connectivity index (χ0) is 23.4. The summed E-state index contributed by atoms with van der Waals surface area (Å²) in [4.78, 5) is 32.9. The lowest BCUT2D eigenvalue weighted by atomic mass is 10.0. The second-order valence-electron chi connectivity index (χ2n) is 8.01. The molecule has 4 rings (SSSR count). The van der Waals surface area contributed by atoms with Crippen molar-refractivity contribution in [1.82, 2.24) is 14.5 Å². The maximum Gasteiger partial charge on any atom is 0.262 e. The molecule has 2 heterocycles. The third-order valence-electron chi connectivity index (χ3n) is 5.97. The van der Waals surface area contributed by atoms with Crippen molar-refractivity contribution >= 4 is 28.6 Å². The van der Waals surface area contributed by atoms with Gasteiger partial charge in [0, 0.05) is 18.7 Å². The number of carbonyl (C=O) groups excluding carboxylic acids is 1. The van der Waals surface area contributed by atoms with Crippen LogP contribution in [0.2, 0.25) is 0 Å². The molecule has 3 aromatic rings. The van der Waals surface area contributed by atoms with Crippen molar-refractivity contribution in [3.05, 3.63) is 58.4 Å². The molecule has 0 spiro atoms. The van der Waals surface area contributed by atoms with Crippen LogP contribution in [0.5, 0.6) is 11.5 Å². The van der Waals surface area contributed by atoms with Crippen LogP contribution < -0.4 is 15.0 Å². The number of fused-ring (bicyclic) bond motifs is 1. The molecule has 33 heavy (non-hydrogen) atoms. The Bertz CT molecular complexity index is 1210. The lowest BCUT2D eigenvalue weighted by Crippen LogP contribution is -2.32. The summed E-state index contributed by atoms with van der Waals surface area (Å²) in [6, 6.07) is 13.0. The average Bonchev–Trinajstić information content (AvgIpc) is 3.34. The number of thioether (sulfide) groups is 1. The molecule has 0 aliphatic carbocycles. The first-order valence-electron chi connectivity index (χ1n) is 11.2. The summed E-state index contributed by atoms with van der Waals surface area (Å²) in [7, 11) is 3.27. The molecule has 1 aliphatic heterocycles. The van der Waals surface area contributed by atoms with Crippen molar-refractivity contribution in [1.29, 1.82) is 0 Å². The number of nitrogens with zero attached hydrogens (tertiary/aromatic N) is 3. The van der Waals surface area contributed by atoms with Crippen molar-refractivity contribution < 1.29 is 14.3 Å². The number of likely N-dealkylation sites (tertiary alicyclic amines) is 1. The Morgan fingerprint density at radius 2 is 2.00 bits per heavy atom. The Balaban J connectivity index is 1.57. The summed E-state index contributed by atoms with van der Waals surface area (Å²) >= 11 is 1.33. The van der Waals surface area contributed by atoms with Crippen LogP contribution in [0.4, 0.5) is 0 Å². The maximum atomic E-state index is 13.3. The van der Waals surface area contributed by atoms with E-state index in [-0.39, 0.29) is 23.3 Å². The van der Waals surface area contributed by atoms with Gasteiger partial charge in [-0.25, -0.2) is 4.98 Å². The van der Waals surface area contributed by atoms with E-state index < -0.39 is 0 Å². The molecule has 1 atom stereocenters. The van der Waals surface area contributed by atoms with Gasteiger partial charge in [0.1, 0.15) is 11.5 Å². The number of methoxy groups -OCH3 is 2. The summed E-state index contributed by atoms with van der Waals surface area (Å²) in [6.45, 7) is 3.29. The van der Waals surface area contributed by atoms with E-state index >= 15 is 0 Å². The fourth-order valence-electron chi connectivity index (χ4n) is 4.38. The summed E-state index contributed by atoms with van der Waals surface area (Å²) in [5.74, 6) is 1.74. The number of aromatic nitrogens is 2. The molecular formula is C25H29N3O4S. The number of carbonyl (C=O) groups is 1. The zero-order valence-electron chi connectivity index (χ0n) is 19.2. The fraction of sp³-hybridized carbons (Fsp3) is 0.400. The molecule has 0 bridgehead atoms. The minimum Gasteiger partial charge on any atom is -0.497 e. The highest BCUT2D eigenvalue weighted by Crippen LogP contribution is 2.39. The Morgan fingerprint density at radius 3 is 2.76 bits per heavy atom. The van der Waals surface area contributed by atoms with E-state index in [0.29, 0.717) is 29.1 Å². The van der Waals surface area contributed by atoms with Gasteiger partial charge in [0.05, 0.1) is 36.9 Å². The fourth-order valence-corrected chi connectivity index (χ4v) is 5.29. The molecule has 174 valence electrons. The van der Waals surface area contributed by atoms with Gasteiger partial charge in [-0.1, -0.05) is 30.8 Å². The smallest absolute Gasteiger partial charge is 0.262 e. The minimum absolute atomic E-state index is 0.0258. The molecule has 1 aliphatic rings. The molecule has 0 N–H and O–H groups in total. The highest BCUT2D eigenvalue weighted by Gasteiger charge is 2.32. The van der Waals surface area contributed by atoms with Crippen LogP contribution >= 0.6 is 11.8 Å². The Labute approximate surface area is 197 Å². The van der Waals surface area contributed by atoms with Gasteiger partial charge in [0.2, 0.25) is 5.91 Å². The van der Waals surface area contributed by atoms with Crippen LogP contribution in [0, 0.1) is 0 Å². The highest BCUT2D eigenvalue weighted by atomic mass is 32.2. The van der Waals surface area contributed by atoms with Gasteiger partial charge >= 0.3 is 0 Å². The standard InChI is InChI=1S/C25H29N3O4S/c1-4-13-28-24(30)18-8-5-6-9-20(18)26-25(28)33-16-23(29)27-14-7-10-21(27)19-15-17(31-2)11-12-22(19)32-3/h5-6,8-9,11-12,15,21H,4,7,10,13-14,16H2,1-3H3. The van der Waals surface area contributed by atoms with Crippen molar-refractivity contribution in [2.75, 3.05) is 26.5 Å². The summed E-state index contributed by atoms with van der Waals surface area (Å²) in [5.41, 5.74) is 1.56. The molecule has 0 radical (unpaired) electrons. The zero-order valence-corrected chi connectivity index (χ0v) is 20.1. The van der Waals surface area contributed by atoms with Crippen LogP contribution in [0.1, 0.15) is 37.8 Å². The quantitative estimate of drug-likeness (QED) is 0.364. The van der Waals surface area contributed by atoms with E-state index in [4.69, 9.17) is 14.5 Å². The SMILES string of the molecule is CCCn1c(SCC(=O)N2CCCC2c2cc(OC)ccc2OC)nc2ccccc2c1=O. The average molecular weight is 468 g/mol. The first kappa shape index (κ1) is 23.2. The van der Waals surface area contributed by atoms with E-state index in [1.165, 1.54) is 11.8 Å². The van der Waals surface area contributed by atoms with Crippen LogP contribution in [0.15, 0.2) is 52.4 Å². The van der Waals surface area contributed by atoms with Gasteiger partial charge in [-0.2, -0.15) is 0 Å². The van der Waals surface area contributed by atoms with E-state index in [9.17, 15) is 9.59 Å². The molecule has 1 unspecified atom stereocenters. The van der Waals surface area contributed by atoms with Crippen LogP contribution in [-0.2, 0) is 11.3 Å². The predicted molar refractivity (Wildman–Crippen MR) is 130 cm³/mol. The number of rotatable bonds is 8. The summed E-state index contributed by atoms with van der Waals surface area (Å²) in [5, 5.41) is 1.19. The molecule has 1 saturated heterocycles. The number of ether oxygens (including phenoxy) is 2. The molecule has 0 saturated carbocycles. The van der Waals surface area contributed by atoms with E-state index in [1.807, 2.05) is 48.2 Å². The first-order chi connectivity index (χ1) is 16.1. The van der Waals surface area contributed by atoms with Gasteiger partial charge in [-0.3, -0.25) is 14.2 Å². The third kappa shape index (κ3) is 4.71. The van der Waals surface area contributed by atoms with Gasteiger partial charge in [0.15, 0.2) is 5.16 Å². The number of para-hydroxylation sites is 1. The lowest BCUT2D eigenvalue weighted by molar-refractivity contribution is -0.129. The molecule has 2 aromatic carbocycles. The Hall–Kier alpha value is -3.00. The summed E-state index contributed by atoms with van der Waals surface area (Å²) in [6.07, 6.45) is 2.61.